The van der Waals surface area contributed by atoms with Crippen molar-refractivity contribution in [3.63, 3.8) is 0 Å². The van der Waals surface area contributed by atoms with Crippen LogP contribution in [-0.4, -0.2) is 33.1 Å². The van der Waals surface area contributed by atoms with Gasteiger partial charge in [-0.05, 0) is 43.7 Å². The predicted molar refractivity (Wildman–Crippen MR) is 96.8 cm³/mol. The van der Waals surface area contributed by atoms with Crippen molar-refractivity contribution in [1.29, 1.82) is 0 Å². The van der Waals surface area contributed by atoms with Gasteiger partial charge in [-0.2, -0.15) is 0 Å². The number of hydrogen-bond donors (Lipinski definition) is 2. The third kappa shape index (κ3) is 3.74. The summed E-state index contributed by atoms with van der Waals surface area (Å²) in [4.78, 5) is 24.5. The Bertz CT molecular complexity index is 790. The molecule has 0 radical (unpaired) electrons. The first kappa shape index (κ1) is 18.3. The molecule has 132 valence electrons. The lowest BCUT2D eigenvalue weighted by Gasteiger charge is -2.14. The van der Waals surface area contributed by atoms with Crippen LogP contribution in [0.15, 0.2) is 30.3 Å². The Morgan fingerprint density at radius 2 is 1.52 bits per heavy atom. The molecule has 6 heteroatoms. The number of ether oxygens (including phenoxy) is 2. The highest BCUT2D eigenvalue weighted by atomic mass is 16.5. The third-order valence-corrected chi connectivity index (χ3v) is 4.07. The summed E-state index contributed by atoms with van der Waals surface area (Å²) in [5, 5.41) is 5.42. The predicted octanol–water partition coefficient (Wildman–Crippen LogP) is 2.93. The zero-order chi connectivity index (χ0) is 18.6. The largest absolute Gasteiger partial charge is 0.496 e. The lowest BCUT2D eigenvalue weighted by atomic mass is 10.0. The maximum absolute atomic E-state index is 12.6. The van der Waals surface area contributed by atoms with Gasteiger partial charge in [0.25, 0.3) is 11.8 Å². The molecule has 0 aliphatic carbocycles. The van der Waals surface area contributed by atoms with Crippen LogP contribution in [0, 0.1) is 13.8 Å². The van der Waals surface area contributed by atoms with Gasteiger partial charge in [0, 0.05) is 29.4 Å². The number of benzene rings is 2. The van der Waals surface area contributed by atoms with E-state index < -0.39 is 0 Å². The van der Waals surface area contributed by atoms with Crippen LogP contribution in [0.5, 0.6) is 11.5 Å². The lowest BCUT2D eigenvalue weighted by molar-refractivity contribution is 0.0960. The average Bonchev–Trinajstić information content (AvgIpc) is 2.62. The van der Waals surface area contributed by atoms with E-state index in [1.165, 1.54) is 0 Å². The number of nitrogens with one attached hydrogen (secondary N) is 2. The molecule has 0 aliphatic heterocycles. The van der Waals surface area contributed by atoms with Gasteiger partial charge in [-0.3, -0.25) is 9.59 Å². The normalized spacial score (nSPS) is 10.1. The van der Waals surface area contributed by atoms with Crippen LogP contribution in [0.4, 0.5) is 5.69 Å². The Balaban J connectivity index is 2.36. The van der Waals surface area contributed by atoms with Gasteiger partial charge < -0.3 is 20.1 Å². The molecular weight excluding hydrogens is 320 g/mol. The molecule has 0 spiro atoms. The van der Waals surface area contributed by atoms with Crippen molar-refractivity contribution in [2.45, 2.75) is 13.8 Å². The van der Waals surface area contributed by atoms with Crippen molar-refractivity contribution >= 4 is 17.5 Å². The SMILES string of the molecule is CNC(=O)c1cccc(NC(=O)c2cc(OC)c(C)c(OC)c2)c1C. The number of rotatable bonds is 5. The van der Waals surface area contributed by atoms with Gasteiger partial charge in [0.05, 0.1) is 14.2 Å². The van der Waals surface area contributed by atoms with Crippen molar-refractivity contribution in [2.24, 2.45) is 0 Å². The molecule has 0 heterocycles. The van der Waals surface area contributed by atoms with E-state index in [2.05, 4.69) is 10.6 Å². The fourth-order valence-electron chi connectivity index (χ4n) is 2.56. The Kier molecular flexibility index (Phi) is 5.64. The highest BCUT2D eigenvalue weighted by Gasteiger charge is 2.16. The Morgan fingerprint density at radius 1 is 0.920 bits per heavy atom. The molecule has 0 saturated carbocycles. The van der Waals surface area contributed by atoms with Crippen LogP contribution in [0.3, 0.4) is 0 Å². The molecule has 2 rings (SSSR count). The monoisotopic (exact) mass is 342 g/mol. The van der Waals surface area contributed by atoms with Gasteiger partial charge in [0.2, 0.25) is 0 Å². The number of anilines is 1. The van der Waals surface area contributed by atoms with Crippen molar-refractivity contribution < 1.29 is 19.1 Å². The molecule has 2 amide bonds. The van der Waals surface area contributed by atoms with Crippen LogP contribution in [0.25, 0.3) is 0 Å². The molecule has 2 aromatic rings. The van der Waals surface area contributed by atoms with E-state index in [0.717, 1.165) is 5.56 Å². The molecule has 6 nitrogen and oxygen atoms in total. The van der Waals surface area contributed by atoms with Crippen LogP contribution in [-0.2, 0) is 0 Å². The van der Waals surface area contributed by atoms with Crippen molar-refractivity contribution in [3.8, 4) is 11.5 Å². The van der Waals surface area contributed by atoms with Gasteiger partial charge in [-0.25, -0.2) is 0 Å². The summed E-state index contributed by atoms with van der Waals surface area (Å²) in [6.07, 6.45) is 0. The zero-order valence-electron chi connectivity index (χ0n) is 15.0. The van der Waals surface area contributed by atoms with E-state index in [4.69, 9.17) is 9.47 Å². The molecule has 0 saturated heterocycles. The summed E-state index contributed by atoms with van der Waals surface area (Å²) in [6, 6.07) is 8.50. The van der Waals surface area contributed by atoms with Crippen molar-refractivity contribution in [1.82, 2.24) is 5.32 Å². The zero-order valence-corrected chi connectivity index (χ0v) is 15.0. The fourth-order valence-corrected chi connectivity index (χ4v) is 2.56. The molecule has 2 aromatic carbocycles. The number of carbonyl (C=O) groups excluding carboxylic acids is 2. The molecule has 0 atom stereocenters. The first-order valence-corrected chi connectivity index (χ1v) is 7.78. The van der Waals surface area contributed by atoms with Gasteiger partial charge in [0.15, 0.2) is 0 Å². The minimum Gasteiger partial charge on any atom is -0.496 e. The first-order valence-electron chi connectivity index (χ1n) is 7.78. The second kappa shape index (κ2) is 7.70. The molecular formula is C19H22N2O4. The standard InChI is InChI=1S/C19H22N2O4/c1-11-14(19(23)20-3)7-6-8-15(11)21-18(22)13-9-16(24-4)12(2)17(10-13)25-5/h6-10H,1-5H3,(H,20,23)(H,21,22). The van der Waals surface area contributed by atoms with E-state index in [1.807, 2.05) is 6.92 Å². The number of carbonyl (C=O) groups is 2. The van der Waals surface area contributed by atoms with Gasteiger partial charge in [-0.15, -0.1) is 0 Å². The second-order valence-electron chi connectivity index (χ2n) is 5.52. The molecule has 2 N–H and O–H groups in total. The van der Waals surface area contributed by atoms with Gasteiger partial charge in [-0.1, -0.05) is 6.07 Å². The van der Waals surface area contributed by atoms with E-state index in [0.29, 0.717) is 33.9 Å². The molecule has 0 aromatic heterocycles. The molecule has 0 unspecified atom stereocenters. The molecule has 0 aliphatic rings. The quantitative estimate of drug-likeness (QED) is 0.876. The average molecular weight is 342 g/mol. The summed E-state index contributed by atoms with van der Waals surface area (Å²) in [5.41, 5.74) is 3.01. The van der Waals surface area contributed by atoms with Crippen LogP contribution in [0.1, 0.15) is 31.8 Å². The Hall–Kier alpha value is -3.02. The summed E-state index contributed by atoms with van der Waals surface area (Å²) < 4.78 is 10.6. The smallest absolute Gasteiger partial charge is 0.255 e. The van der Waals surface area contributed by atoms with Crippen LogP contribution >= 0.6 is 0 Å². The Morgan fingerprint density at radius 3 is 2.04 bits per heavy atom. The molecule has 0 fully saturated rings. The molecule has 25 heavy (non-hydrogen) atoms. The fraction of sp³-hybridized carbons (Fsp3) is 0.263. The van der Waals surface area contributed by atoms with Crippen molar-refractivity contribution in [3.05, 3.63) is 52.6 Å². The van der Waals surface area contributed by atoms with E-state index in [-0.39, 0.29) is 11.8 Å². The van der Waals surface area contributed by atoms with E-state index in [1.54, 1.807) is 58.5 Å². The van der Waals surface area contributed by atoms with Gasteiger partial charge in [0.1, 0.15) is 11.5 Å². The first-order chi connectivity index (χ1) is 11.9. The number of methoxy groups -OCH3 is 2. The third-order valence-electron chi connectivity index (χ3n) is 4.07. The van der Waals surface area contributed by atoms with E-state index in [9.17, 15) is 9.59 Å². The van der Waals surface area contributed by atoms with Crippen LogP contribution in [0.2, 0.25) is 0 Å². The van der Waals surface area contributed by atoms with E-state index >= 15 is 0 Å². The van der Waals surface area contributed by atoms with Crippen LogP contribution < -0.4 is 20.1 Å². The minimum atomic E-state index is -0.311. The Labute approximate surface area is 147 Å². The lowest BCUT2D eigenvalue weighted by Crippen LogP contribution is -2.20. The highest BCUT2D eigenvalue weighted by molar-refractivity contribution is 6.06. The summed E-state index contributed by atoms with van der Waals surface area (Å²) in [6.45, 7) is 3.65. The maximum atomic E-state index is 12.6. The molecule has 0 bridgehead atoms. The van der Waals surface area contributed by atoms with Gasteiger partial charge >= 0.3 is 0 Å². The highest BCUT2D eigenvalue weighted by Crippen LogP contribution is 2.30. The summed E-state index contributed by atoms with van der Waals surface area (Å²) in [5.74, 6) is 0.627. The number of amides is 2. The second-order valence-corrected chi connectivity index (χ2v) is 5.52. The number of hydrogen-bond acceptors (Lipinski definition) is 4. The topological polar surface area (TPSA) is 76.7 Å². The summed E-state index contributed by atoms with van der Waals surface area (Å²) >= 11 is 0. The maximum Gasteiger partial charge on any atom is 0.255 e. The minimum absolute atomic E-state index is 0.202. The van der Waals surface area contributed by atoms with Crippen molar-refractivity contribution in [2.75, 3.05) is 26.6 Å². The summed E-state index contributed by atoms with van der Waals surface area (Å²) in [7, 11) is 4.65.